The van der Waals surface area contributed by atoms with Gasteiger partial charge in [-0.3, -0.25) is 9.59 Å². The predicted molar refractivity (Wildman–Crippen MR) is 94.7 cm³/mol. The molecule has 24 heavy (non-hydrogen) atoms. The molecule has 1 saturated heterocycles. The monoisotopic (exact) mass is 328 g/mol. The lowest BCUT2D eigenvalue weighted by molar-refractivity contribution is -0.127. The van der Waals surface area contributed by atoms with Gasteiger partial charge >= 0.3 is 0 Å². The first-order chi connectivity index (χ1) is 11.6. The third kappa shape index (κ3) is 3.80. The summed E-state index contributed by atoms with van der Waals surface area (Å²) in [5.41, 5.74) is 1.86. The lowest BCUT2D eigenvalue weighted by atomic mass is 9.70. The second kappa shape index (κ2) is 7.37. The fraction of sp³-hybridized carbons (Fsp3) is 0.600. The average Bonchev–Trinajstić information content (AvgIpc) is 2.55. The van der Waals surface area contributed by atoms with Crippen molar-refractivity contribution >= 4 is 11.8 Å². The molecule has 1 heterocycles. The van der Waals surface area contributed by atoms with E-state index in [1.165, 1.54) is 0 Å². The summed E-state index contributed by atoms with van der Waals surface area (Å²) in [6, 6.07) is 8.04. The van der Waals surface area contributed by atoms with Gasteiger partial charge < -0.3 is 10.6 Å². The third-order valence-electron chi connectivity index (χ3n) is 5.61. The summed E-state index contributed by atoms with van der Waals surface area (Å²) in [4.78, 5) is 24.4. The van der Waals surface area contributed by atoms with E-state index in [1.807, 2.05) is 31.2 Å². The van der Waals surface area contributed by atoms with Gasteiger partial charge in [0.1, 0.15) is 0 Å². The molecule has 0 spiro atoms. The van der Waals surface area contributed by atoms with Crippen molar-refractivity contribution in [3.8, 4) is 0 Å². The molecule has 1 aromatic carbocycles. The largest absolute Gasteiger partial charge is 0.353 e. The smallest absolute Gasteiger partial charge is 0.251 e. The van der Waals surface area contributed by atoms with Crippen molar-refractivity contribution in [3.63, 3.8) is 0 Å². The molecule has 2 amide bonds. The summed E-state index contributed by atoms with van der Waals surface area (Å²) in [7, 11) is 0. The number of nitrogens with one attached hydrogen (secondary N) is 2. The molecule has 2 N–H and O–H groups in total. The van der Waals surface area contributed by atoms with Crippen molar-refractivity contribution in [3.05, 3.63) is 35.4 Å². The van der Waals surface area contributed by atoms with Crippen LogP contribution in [-0.4, -0.2) is 23.9 Å². The van der Waals surface area contributed by atoms with Crippen molar-refractivity contribution in [2.75, 3.05) is 0 Å². The van der Waals surface area contributed by atoms with Gasteiger partial charge in [0.05, 0.1) is 0 Å². The Bertz CT molecular complexity index is 596. The van der Waals surface area contributed by atoms with Gasteiger partial charge in [-0.1, -0.05) is 31.0 Å². The molecule has 2 aliphatic rings. The molecule has 1 aromatic rings. The molecule has 0 bridgehead atoms. The van der Waals surface area contributed by atoms with Crippen molar-refractivity contribution in [2.24, 2.45) is 11.8 Å². The fourth-order valence-corrected chi connectivity index (χ4v) is 4.37. The first-order valence-electron chi connectivity index (χ1n) is 9.23. The van der Waals surface area contributed by atoms with Gasteiger partial charge in [0.15, 0.2) is 0 Å². The number of hydrogen-bond donors (Lipinski definition) is 2. The van der Waals surface area contributed by atoms with Crippen LogP contribution in [0.4, 0.5) is 0 Å². The van der Waals surface area contributed by atoms with Crippen LogP contribution < -0.4 is 10.6 Å². The lowest BCUT2D eigenvalue weighted by Crippen LogP contribution is -2.55. The highest BCUT2D eigenvalue weighted by Gasteiger charge is 2.40. The van der Waals surface area contributed by atoms with E-state index in [0.717, 1.165) is 37.7 Å². The minimum atomic E-state index is -0.00862. The van der Waals surface area contributed by atoms with E-state index in [0.29, 0.717) is 23.8 Å². The Morgan fingerprint density at radius 1 is 1.25 bits per heavy atom. The number of rotatable bonds is 4. The van der Waals surface area contributed by atoms with Crippen LogP contribution in [-0.2, 0) is 4.79 Å². The van der Waals surface area contributed by atoms with Crippen molar-refractivity contribution < 1.29 is 9.59 Å². The third-order valence-corrected chi connectivity index (χ3v) is 5.61. The summed E-state index contributed by atoms with van der Waals surface area (Å²) in [6.45, 7) is 4.20. The van der Waals surface area contributed by atoms with Crippen LogP contribution in [0, 0.1) is 18.8 Å². The van der Waals surface area contributed by atoms with Crippen LogP contribution >= 0.6 is 0 Å². The number of amides is 2. The first kappa shape index (κ1) is 17.0. The number of carbonyl (C=O) groups is 2. The lowest BCUT2D eigenvalue weighted by Gasteiger charge is -2.44. The normalized spacial score (nSPS) is 29.5. The van der Waals surface area contributed by atoms with Crippen LogP contribution in [0.5, 0.6) is 0 Å². The summed E-state index contributed by atoms with van der Waals surface area (Å²) in [5.74, 6) is 1.27. The molecular weight excluding hydrogens is 300 g/mol. The SMILES string of the molecule is CCCC1CC(=O)NC2CC(NC(=O)c3ccc(C)cc3)CCC12. The first-order valence-corrected chi connectivity index (χ1v) is 9.23. The topological polar surface area (TPSA) is 58.2 Å². The molecule has 4 unspecified atom stereocenters. The highest BCUT2D eigenvalue weighted by molar-refractivity contribution is 5.94. The van der Waals surface area contributed by atoms with Crippen LogP contribution in [0.1, 0.15) is 61.4 Å². The highest BCUT2D eigenvalue weighted by atomic mass is 16.2. The number of hydrogen-bond acceptors (Lipinski definition) is 2. The van der Waals surface area contributed by atoms with Gasteiger partial charge in [-0.2, -0.15) is 0 Å². The molecule has 1 aliphatic heterocycles. The second-order valence-electron chi connectivity index (χ2n) is 7.44. The van der Waals surface area contributed by atoms with Crippen LogP contribution in [0.15, 0.2) is 24.3 Å². The minimum absolute atomic E-state index is 0.00862. The Morgan fingerprint density at radius 3 is 2.71 bits per heavy atom. The predicted octanol–water partition coefficient (Wildman–Crippen LogP) is 3.20. The molecule has 1 aliphatic carbocycles. The molecule has 1 saturated carbocycles. The molecule has 0 radical (unpaired) electrons. The maximum absolute atomic E-state index is 12.4. The van der Waals surface area contributed by atoms with E-state index in [2.05, 4.69) is 17.6 Å². The Morgan fingerprint density at radius 2 is 2.00 bits per heavy atom. The number of fused-ring (bicyclic) bond motifs is 1. The molecule has 4 atom stereocenters. The zero-order valence-corrected chi connectivity index (χ0v) is 14.7. The maximum Gasteiger partial charge on any atom is 0.251 e. The van der Waals surface area contributed by atoms with Crippen molar-refractivity contribution in [1.29, 1.82) is 0 Å². The Balaban J connectivity index is 1.61. The Kier molecular flexibility index (Phi) is 5.22. The number of piperidine rings is 1. The summed E-state index contributed by atoms with van der Waals surface area (Å²) in [5, 5.41) is 6.33. The number of benzene rings is 1. The van der Waals surface area contributed by atoms with Gasteiger partial charge in [0.2, 0.25) is 5.91 Å². The van der Waals surface area contributed by atoms with E-state index in [1.54, 1.807) is 0 Å². The summed E-state index contributed by atoms with van der Waals surface area (Å²) >= 11 is 0. The zero-order valence-electron chi connectivity index (χ0n) is 14.7. The molecule has 130 valence electrons. The molecule has 3 rings (SSSR count). The molecule has 2 fully saturated rings. The molecule has 0 aromatic heterocycles. The molecule has 4 nitrogen and oxygen atoms in total. The van der Waals surface area contributed by atoms with Crippen LogP contribution in [0.2, 0.25) is 0 Å². The molecular formula is C20H28N2O2. The average molecular weight is 328 g/mol. The van der Waals surface area contributed by atoms with Gasteiger partial charge in [0.25, 0.3) is 5.91 Å². The standard InChI is InChI=1S/C20H28N2O2/c1-3-4-15-11-19(23)22-18-12-16(9-10-17(15)18)21-20(24)14-7-5-13(2)6-8-14/h5-8,15-18H,3-4,9-12H2,1-2H3,(H,21,24)(H,22,23). The van der Waals surface area contributed by atoms with E-state index in [-0.39, 0.29) is 23.9 Å². The second-order valence-corrected chi connectivity index (χ2v) is 7.44. The minimum Gasteiger partial charge on any atom is -0.353 e. The summed E-state index contributed by atoms with van der Waals surface area (Å²) < 4.78 is 0. The number of carbonyl (C=O) groups excluding carboxylic acids is 2. The molecule has 4 heteroatoms. The van der Waals surface area contributed by atoms with E-state index in [4.69, 9.17) is 0 Å². The van der Waals surface area contributed by atoms with Crippen LogP contribution in [0.3, 0.4) is 0 Å². The Hall–Kier alpha value is -1.84. The quantitative estimate of drug-likeness (QED) is 0.892. The van der Waals surface area contributed by atoms with E-state index >= 15 is 0 Å². The fourth-order valence-electron chi connectivity index (χ4n) is 4.37. The van der Waals surface area contributed by atoms with Crippen molar-refractivity contribution in [1.82, 2.24) is 10.6 Å². The maximum atomic E-state index is 12.4. The van der Waals surface area contributed by atoms with Crippen LogP contribution in [0.25, 0.3) is 0 Å². The van der Waals surface area contributed by atoms with Gasteiger partial charge in [-0.15, -0.1) is 0 Å². The summed E-state index contributed by atoms with van der Waals surface area (Å²) in [6.07, 6.45) is 5.90. The Labute approximate surface area is 144 Å². The van der Waals surface area contributed by atoms with Crippen molar-refractivity contribution in [2.45, 2.75) is 64.5 Å². The van der Waals surface area contributed by atoms with E-state index in [9.17, 15) is 9.59 Å². The number of aryl methyl sites for hydroxylation is 1. The van der Waals surface area contributed by atoms with Gasteiger partial charge in [-0.05, 0) is 56.6 Å². The van der Waals surface area contributed by atoms with Gasteiger partial charge in [0, 0.05) is 24.1 Å². The van der Waals surface area contributed by atoms with Gasteiger partial charge in [-0.25, -0.2) is 0 Å². The zero-order chi connectivity index (χ0) is 17.1. The van der Waals surface area contributed by atoms with E-state index < -0.39 is 0 Å². The highest BCUT2D eigenvalue weighted by Crippen LogP contribution is 2.37.